The predicted molar refractivity (Wildman–Crippen MR) is 86.4 cm³/mol. The molecule has 0 heterocycles. The fourth-order valence-corrected chi connectivity index (χ4v) is 3.35. The lowest BCUT2D eigenvalue weighted by Crippen LogP contribution is -2.19. The van der Waals surface area contributed by atoms with Gasteiger partial charge in [-0.3, -0.25) is 0 Å². The number of hydrogen-bond acceptors (Lipinski definition) is 2. The van der Waals surface area contributed by atoms with Crippen LogP contribution in [-0.4, -0.2) is 11.1 Å². The Balaban J connectivity index is 2.02. The molecule has 1 aromatic rings. The first-order chi connectivity index (χ1) is 9.49. The lowest BCUT2D eigenvalue weighted by Gasteiger charge is -2.21. The van der Waals surface area contributed by atoms with Gasteiger partial charge < -0.3 is 10.4 Å². The van der Waals surface area contributed by atoms with Gasteiger partial charge in [-0.05, 0) is 56.6 Å². The molecule has 1 aliphatic carbocycles. The van der Waals surface area contributed by atoms with Crippen LogP contribution >= 0.6 is 0 Å². The molecule has 0 aliphatic heterocycles. The van der Waals surface area contributed by atoms with Gasteiger partial charge in [0.25, 0.3) is 0 Å². The summed E-state index contributed by atoms with van der Waals surface area (Å²) in [6.45, 7) is 8.64. The molecule has 0 aromatic heterocycles. The number of benzene rings is 1. The number of phenols is 1. The maximum Gasteiger partial charge on any atom is 0.123 e. The lowest BCUT2D eigenvalue weighted by molar-refractivity contribution is 0.341. The van der Waals surface area contributed by atoms with E-state index >= 15 is 0 Å². The van der Waals surface area contributed by atoms with E-state index in [0.717, 1.165) is 28.7 Å². The molecule has 2 heteroatoms. The molecule has 2 N–H and O–H groups in total. The molecule has 0 amide bonds. The van der Waals surface area contributed by atoms with Crippen LogP contribution in [0, 0.1) is 25.7 Å². The van der Waals surface area contributed by atoms with Gasteiger partial charge in [-0.1, -0.05) is 32.8 Å². The molecule has 1 fully saturated rings. The smallest absolute Gasteiger partial charge is 0.123 e. The number of aromatic hydroxyl groups is 1. The zero-order valence-corrected chi connectivity index (χ0v) is 13.4. The van der Waals surface area contributed by atoms with Crippen LogP contribution in [0.5, 0.6) is 5.75 Å². The van der Waals surface area contributed by atoms with E-state index in [-0.39, 0.29) is 0 Å². The molecule has 0 spiro atoms. The Morgan fingerprint density at radius 3 is 2.55 bits per heavy atom. The first-order valence-electron chi connectivity index (χ1n) is 8.04. The number of phenolic OH excluding ortho intramolecular Hbond substituents is 1. The van der Waals surface area contributed by atoms with Crippen molar-refractivity contribution in [1.82, 2.24) is 0 Å². The van der Waals surface area contributed by atoms with Crippen LogP contribution in [0.4, 0.5) is 5.69 Å². The van der Waals surface area contributed by atoms with Gasteiger partial charge in [0, 0.05) is 17.3 Å². The summed E-state index contributed by atoms with van der Waals surface area (Å²) in [7, 11) is 0. The zero-order valence-electron chi connectivity index (χ0n) is 13.4. The van der Waals surface area contributed by atoms with Crippen LogP contribution in [0.2, 0.25) is 0 Å². The van der Waals surface area contributed by atoms with E-state index < -0.39 is 0 Å². The molecular weight excluding hydrogens is 246 g/mol. The van der Waals surface area contributed by atoms with Gasteiger partial charge in [0.2, 0.25) is 0 Å². The molecule has 1 aliphatic rings. The van der Waals surface area contributed by atoms with Crippen molar-refractivity contribution < 1.29 is 5.11 Å². The largest absolute Gasteiger partial charge is 0.507 e. The van der Waals surface area contributed by atoms with Gasteiger partial charge >= 0.3 is 0 Å². The third kappa shape index (κ3) is 3.47. The summed E-state index contributed by atoms with van der Waals surface area (Å²) >= 11 is 0. The minimum Gasteiger partial charge on any atom is -0.507 e. The normalized spacial score (nSPS) is 23.6. The second-order valence-corrected chi connectivity index (χ2v) is 6.76. The van der Waals surface area contributed by atoms with E-state index in [2.05, 4.69) is 25.2 Å². The Morgan fingerprint density at radius 1 is 1.10 bits per heavy atom. The van der Waals surface area contributed by atoms with Crippen molar-refractivity contribution in [2.45, 2.75) is 65.8 Å². The molecule has 20 heavy (non-hydrogen) atoms. The summed E-state index contributed by atoms with van der Waals surface area (Å²) < 4.78 is 0. The van der Waals surface area contributed by atoms with Gasteiger partial charge in [0.1, 0.15) is 5.75 Å². The van der Waals surface area contributed by atoms with Gasteiger partial charge in [0.15, 0.2) is 0 Å². The quantitative estimate of drug-likeness (QED) is 0.759. The molecule has 2 unspecified atom stereocenters. The Bertz CT molecular complexity index is 453. The highest BCUT2D eigenvalue weighted by molar-refractivity contribution is 5.59. The lowest BCUT2D eigenvalue weighted by atomic mass is 9.89. The van der Waals surface area contributed by atoms with Crippen LogP contribution in [0.3, 0.4) is 0 Å². The molecule has 1 aromatic carbocycles. The van der Waals surface area contributed by atoms with Gasteiger partial charge in [-0.25, -0.2) is 0 Å². The Morgan fingerprint density at radius 2 is 1.85 bits per heavy atom. The van der Waals surface area contributed by atoms with E-state index in [1.54, 1.807) is 0 Å². The maximum atomic E-state index is 10.0. The SMILES string of the molecule is Cc1ccc(NC2CCCC(C(C)C)CC2)c(C)c1O. The first kappa shape index (κ1) is 15.2. The Hall–Kier alpha value is -1.18. The minimum atomic E-state index is 0.434. The molecule has 2 atom stereocenters. The fourth-order valence-electron chi connectivity index (χ4n) is 3.35. The van der Waals surface area contributed by atoms with Crippen LogP contribution in [0.25, 0.3) is 0 Å². The van der Waals surface area contributed by atoms with E-state index in [0.29, 0.717) is 11.8 Å². The second kappa shape index (κ2) is 6.51. The number of hydrogen-bond donors (Lipinski definition) is 2. The molecule has 0 saturated heterocycles. The number of rotatable bonds is 3. The average molecular weight is 275 g/mol. The van der Waals surface area contributed by atoms with Crippen molar-refractivity contribution in [3.05, 3.63) is 23.3 Å². The van der Waals surface area contributed by atoms with Crippen molar-refractivity contribution in [3.8, 4) is 5.75 Å². The maximum absolute atomic E-state index is 10.0. The minimum absolute atomic E-state index is 0.434. The average Bonchev–Trinajstić information content (AvgIpc) is 2.65. The third-order valence-corrected chi connectivity index (χ3v) is 4.95. The van der Waals surface area contributed by atoms with E-state index in [1.807, 2.05) is 19.9 Å². The molecule has 0 radical (unpaired) electrons. The van der Waals surface area contributed by atoms with Gasteiger partial charge in [0.05, 0.1) is 0 Å². The summed E-state index contributed by atoms with van der Waals surface area (Å²) in [4.78, 5) is 0. The van der Waals surface area contributed by atoms with Crippen molar-refractivity contribution in [1.29, 1.82) is 0 Å². The molecule has 112 valence electrons. The third-order valence-electron chi connectivity index (χ3n) is 4.95. The summed E-state index contributed by atoms with van der Waals surface area (Å²) in [5, 5.41) is 13.7. The topological polar surface area (TPSA) is 32.3 Å². The second-order valence-electron chi connectivity index (χ2n) is 6.76. The highest BCUT2D eigenvalue weighted by Crippen LogP contribution is 2.33. The van der Waals surface area contributed by atoms with Crippen LogP contribution < -0.4 is 5.32 Å². The van der Waals surface area contributed by atoms with Crippen LogP contribution in [0.15, 0.2) is 12.1 Å². The Kier molecular flexibility index (Phi) is 4.95. The molecule has 2 nitrogen and oxygen atoms in total. The number of nitrogens with one attached hydrogen (secondary N) is 1. The van der Waals surface area contributed by atoms with Crippen LogP contribution in [0.1, 0.15) is 57.1 Å². The summed E-state index contributed by atoms with van der Waals surface area (Å²) in [6, 6.07) is 4.66. The van der Waals surface area contributed by atoms with E-state index in [4.69, 9.17) is 0 Å². The number of aryl methyl sites for hydroxylation is 1. The number of anilines is 1. The molecule has 1 saturated carbocycles. The van der Waals surface area contributed by atoms with Crippen molar-refractivity contribution in [2.24, 2.45) is 11.8 Å². The van der Waals surface area contributed by atoms with E-state index in [1.165, 1.54) is 32.1 Å². The summed E-state index contributed by atoms with van der Waals surface area (Å²) in [6.07, 6.45) is 6.51. The predicted octanol–water partition coefficient (Wildman–Crippen LogP) is 5.03. The first-order valence-corrected chi connectivity index (χ1v) is 8.04. The Labute approximate surface area is 123 Å². The fraction of sp³-hybridized carbons (Fsp3) is 0.667. The van der Waals surface area contributed by atoms with Crippen molar-refractivity contribution in [2.75, 3.05) is 5.32 Å². The highest BCUT2D eigenvalue weighted by atomic mass is 16.3. The highest BCUT2D eigenvalue weighted by Gasteiger charge is 2.21. The monoisotopic (exact) mass is 275 g/mol. The molecular formula is C18H29NO. The summed E-state index contributed by atoms with van der Waals surface area (Å²) in [5.41, 5.74) is 3.03. The van der Waals surface area contributed by atoms with E-state index in [9.17, 15) is 5.11 Å². The van der Waals surface area contributed by atoms with Crippen molar-refractivity contribution >= 4 is 5.69 Å². The molecule has 2 rings (SSSR count). The van der Waals surface area contributed by atoms with Crippen LogP contribution in [-0.2, 0) is 0 Å². The van der Waals surface area contributed by atoms with Gasteiger partial charge in [-0.15, -0.1) is 0 Å². The van der Waals surface area contributed by atoms with Gasteiger partial charge in [-0.2, -0.15) is 0 Å². The summed E-state index contributed by atoms with van der Waals surface area (Å²) in [5.74, 6) is 2.12. The molecule has 0 bridgehead atoms. The standard InChI is InChI=1S/C18H29NO/c1-12(2)15-6-5-7-16(10-9-15)19-17-11-8-13(3)18(20)14(17)4/h8,11-12,15-16,19-20H,5-7,9-10H2,1-4H3. The zero-order chi connectivity index (χ0) is 14.7. The van der Waals surface area contributed by atoms with Crippen molar-refractivity contribution in [3.63, 3.8) is 0 Å².